The number of rotatable bonds is 2. The minimum Gasteiger partial charge on any atom is -0.324 e. The molecule has 4 rings (SSSR count). The maximum atomic E-state index is 13.2. The molecule has 1 aliphatic rings. The number of anilines is 2. The molecule has 27 heavy (non-hydrogen) atoms. The van der Waals surface area contributed by atoms with Crippen LogP contribution in [0.1, 0.15) is 18.0 Å². The number of alkyl halides is 3. The van der Waals surface area contributed by atoms with E-state index in [9.17, 15) is 22.8 Å². The summed E-state index contributed by atoms with van der Waals surface area (Å²) in [6.07, 6.45) is -4.81. The van der Waals surface area contributed by atoms with Crippen LogP contribution in [0, 0.1) is 0 Å². The summed E-state index contributed by atoms with van der Waals surface area (Å²) in [4.78, 5) is 29.0. The first-order valence-corrected chi connectivity index (χ1v) is 8.08. The number of benzene rings is 2. The van der Waals surface area contributed by atoms with Crippen molar-refractivity contribution in [2.24, 2.45) is 0 Å². The molecule has 1 atom stereocenters. The Hall–Kier alpha value is -3.36. The highest BCUT2D eigenvalue weighted by Crippen LogP contribution is 2.36. The second kappa shape index (κ2) is 6.11. The van der Waals surface area contributed by atoms with Gasteiger partial charge in [0, 0.05) is 0 Å². The van der Waals surface area contributed by atoms with Gasteiger partial charge in [0.05, 0.1) is 28.7 Å². The monoisotopic (exact) mass is 374 g/mol. The van der Waals surface area contributed by atoms with Crippen LogP contribution in [0.25, 0.3) is 11.0 Å². The summed E-state index contributed by atoms with van der Waals surface area (Å²) in [5.74, 6) is -0.954. The second-order valence-electron chi connectivity index (χ2n) is 6.09. The molecular formula is C18H13F3N4O2. The van der Waals surface area contributed by atoms with Crippen LogP contribution >= 0.6 is 0 Å². The zero-order valence-corrected chi connectivity index (χ0v) is 13.7. The molecule has 0 fully saturated rings. The SMILES string of the molecule is O=C1C[C@H](C(=O)Nc2ccccc2C(F)(F)F)n2c(nc3ccccc32)N1. The molecule has 0 unspecified atom stereocenters. The summed E-state index contributed by atoms with van der Waals surface area (Å²) >= 11 is 0. The minimum absolute atomic E-state index is 0.191. The van der Waals surface area contributed by atoms with Crippen LogP contribution in [0.15, 0.2) is 48.5 Å². The molecule has 1 aromatic heterocycles. The van der Waals surface area contributed by atoms with Gasteiger partial charge >= 0.3 is 6.18 Å². The smallest absolute Gasteiger partial charge is 0.324 e. The standard InChI is InChI=1S/C18H13F3N4O2/c19-18(20,21)10-5-1-2-6-11(10)22-16(27)14-9-15(26)24-17-23-12-7-3-4-8-13(12)25(14)17/h1-8,14H,9H2,(H,22,27)(H,23,24,26)/t14-/m1/s1. The highest BCUT2D eigenvalue weighted by Gasteiger charge is 2.36. The lowest BCUT2D eigenvalue weighted by atomic mass is 10.1. The van der Waals surface area contributed by atoms with E-state index >= 15 is 0 Å². The maximum Gasteiger partial charge on any atom is 0.418 e. The number of halogens is 3. The first-order chi connectivity index (χ1) is 12.8. The van der Waals surface area contributed by atoms with E-state index in [1.807, 2.05) is 0 Å². The van der Waals surface area contributed by atoms with Crippen LogP contribution in [0.3, 0.4) is 0 Å². The zero-order valence-electron chi connectivity index (χ0n) is 13.7. The summed E-state index contributed by atoms with van der Waals surface area (Å²) in [6.45, 7) is 0. The maximum absolute atomic E-state index is 13.2. The quantitative estimate of drug-likeness (QED) is 0.720. The van der Waals surface area contributed by atoms with Gasteiger partial charge in [0.1, 0.15) is 6.04 Å². The normalized spacial score (nSPS) is 16.7. The number of aromatic nitrogens is 2. The second-order valence-corrected chi connectivity index (χ2v) is 6.09. The van der Waals surface area contributed by atoms with E-state index in [1.165, 1.54) is 22.8 Å². The minimum atomic E-state index is -4.61. The Morgan fingerprint density at radius 2 is 1.85 bits per heavy atom. The van der Waals surface area contributed by atoms with Crippen molar-refractivity contribution in [1.82, 2.24) is 9.55 Å². The Kier molecular flexibility index (Phi) is 3.87. The lowest BCUT2D eigenvalue weighted by Crippen LogP contribution is -2.35. The van der Waals surface area contributed by atoms with E-state index in [-0.39, 0.29) is 18.1 Å². The molecule has 2 heterocycles. The van der Waals surface area contributed by atoms with Crippen molar-refractivity contribution in [2.45, 2.75) is 18.6 Å². The number of hydrogen-bond donors (Lipinski definition) is 2. The van der Waals surface area contributed by atoms with Crippen molar-refractivity contribution in [2.75, 3.05) is 10.6 Å². The Morgan fingerprint density at radius 1 is 1.15 bits per heavy atom. The predicted molar refractivity (Wildman–Crippen MR) is 92.1 cm³/mol. The molecule has 0 saturated heterocycles. The van der Waals surface area contributed by atoms with E-state index in [4.69, 9.17) is 0 Å². The molecule has 0 spiro atoms. The molecule has 2 aromatic carbocycles. The fourth-order valence-corrected chi connectivity index (χ4v) is 3.16. The topological polar surface area (TPSA) is 76.0 Å². The van der Waals surface area contributed by atoms with Gasteiger partial charge in [0.15, 0.2) is 0 Å². The number of para-hydroxylation sites is 3. The van der Waals surface area contributed by atoms with Crippen molar-refractivity contribution < 1.29 is 22.8 Å². The molecule has 138 valence electrons. The summed E-state index contributed by atoms with van der Waals surface area (Å²) in [7, 11) is 0. The largest absolute Gasteiger partial charge is 0.418 e. The predicted octanol–water partition coefficient (Wildman–Crippen LogP) is 3.58. The molecule has 3 aromatic rings. The van der Waals surface area contributed by atoms with E-state index in [0.717, 1.165) is 6.07 Å². The van der Waals surface area contributed by atoms with Gasteiger partial charge in [-0.25, -0.2) is 4.98 Å². The number of amides is 2. The number of fused-ring (bicyclic) bond motifs is 3. The lowest BCUT2D eigenvalue weighted by molar-refractivity contribution is -0.137. The average Bonchev–Trinajstić information content (AvgIpc) is 2.98. The summed E-state index contributed by atoms with van der Waals surface area (Å²) in [5, 5.41) is 4.90. The third-order valence-corrected chi connectivity index (χ3v) is 4.33. The molecule has 0 bridgehead atoms. The van der Waals surface area contributed by atoms with E-state index in [1.54, 1.807) is 24.3 Å². The Morgan fingerprint density at radius 3 is 2.63 bits per heavy atom. The zero-order chi connectivity index (χ0) is 19.2. The third-order valence-electron chi connectivity index (χ3n) is 4.33. The van der Waals surface area contributed by atoms with Crippen molar-refractivity contribution in [3.05, 3.63) is 54.1 Å². The highest BCUT2D eigenvalue weighted by molar-refractivity contribution is 6.03. The Labute approximate surface area is 151 Å². The van der Waals surface area contributed by atoms with Gasteiger partial charge in [-0.05, 0) is 24.3 Å². The molecule has 1 aliphatic heterocycles. The van der Waals surface area contributed by atoms with Gasteiger partial charge < -0.3 is 5.32 Å². The average molecular weight is 374 g/mol. The van der Waals surface area contributed by atoms with Crippen LogP contribution in [0.2, 0.25) is 0 Å². The summed E-state index contributed by atoms with van der Waals surface area (Å²) in [6, 6.07) is 10.7. The van der Waals surface area contributed by atoms with Crippen molar-refractivity contribution >= 4 is 34.5 Å². The fourth-order valence-electron chi connectivity index (χ4n) is 3.16. The van der Waals surface area contributed by atoms with Gasteiger partial charge in [0.25, 0.3) is 0 Å². The van der Waals surface area contributed by atoms with Gasteiger partial charge in [0.2, 0.25) is 17.8 Å². The molecule has 2 N–H and O–H groups in total. The van der Waals surface area contributed by atoms with Crippen molar-refractivity contribution in [3.8, 4) is 0 Å². The first kappa shape index (κ1) is 17.1. The number of hydrogen-bond acceptors (Lipinski definition) is 3. The molecular weight excluding hydrogens is 361 g/mol. The molecule has 9 heteroatoms. The van der Waals surface area contributed by atoms with Gasteiger partial charge in [-0.3, -0.25) is 19.5 Å². The Bertz CT molecular complexity index is 1060. The van der Waals surface area contributed by atoms with E-state index in [0.29, 0.717) is 11.0 Å². The lowest BCUT2D eigenvalue weighted by Gasteiger charge is -2.25. The number of nitrogens with one attached hydrogen (secondary N) is 2. The van der Waals surface area contributed by atoms with Crippen molar-refractivity contribution in [3.63, 3.8) is 0 Å². The summed E-state index contributed by atoms with van der Waals surface area (Å²) < 4.78 is 41.0. The molecule has 0 saturated carbocycles. The highest BCUT2D eigenvalue weighted by atomic mass is 19.4. The summed E-state index contributed by atoms with van der Waals surface area (Å²) in [5.41, 5.74) is -0.124. The fraction of sp³-hybridized carbons (Fsp3) is 0.167. The van der Waals surface area contributed by atoms with Crippen LogP contribution in [0.4, 0.5) is 24.8 Å². The number of carbonyl (C=O) groups is 2. The van der Waals surface area contributed by atoms with Gasteiger partial charge in [-0.15, -0.1) is 0 Å². The molecule has 6 nitrogen and oxygen atoms in total. The van der Waals surface area contributed by atoms with Gasteiger partial charge in [-0.2, -0.15) is 13.2 Å². The number of imidazole rings is 1. The Balaban J connectivity index is 1.73. The molecule has 0 aliphatic carbocycles. The number of carbonyl (C=O) groups excluding carboxylic acids is 2. The molecule has 0 radical (unpaired) electrons. The van der Waals surface area contributed by atoms with E-state index in [2.05, 4.69) is 15.6 Å². The van der Waals surface area contributed by atoms with Crippen LogP contribution in [-0.2, 0) is 15.8 Å². The van der Waals surface area contributed by atoms with Gasteiger partial charge in [-0.1, -0.05) is 24.3 Å². The van der Waals surface area contributed by atoms with Crippen LogP contribution < -0.4 is 10.6 Å². The van der Waals surface area contributed by atoms with Crippen molar-refractivity contribution in [1.29, 1.82) is 0 Å². The first-order valence-electron chi connectivity index (χ1n) is 8.08. The van der Waals surface area contributed by atoms with Crippen LogP contribution in [-0.4, -0.2) is 21.4 Å². The molecule has 2 amide bonds. The third kappa shape index (κ3) is 3.01. The van der Waals surface area contributed by atoms with Crippen LogP contribution in [0.5, 0.6) is 0 Å². The number of nitrogens with zero attached hydrogens (tertiary/aromatic N) is 2. The van der Waals surface area contributed by atoms with E-state index < -0.39 is 29.6 Å².